The van der Waals surface area contributed by atoms with Crippen LogP contribution in [-0.4, -0.2) is 22.1 Å². The Morgan fingerprint density at radius 1 is 1.36 bits per heavy atom. The van der Waals surface area contributed by atoms with Crippen LogP contribution in [0.4, 0.5) is 0 Å². The predicted molar refractivity (Wildman–Crippen MR) is 115 cm³/mol. The van der Waals surface area contributed by atoms with E-state index in [1.54, 1.807) is 17.6 Å². The van der Waals surface area contributed by atoms with Crippen molar-refractivity contribution in [2.45, 2.75) is 37.7 Å². The van der Waals surface area contributed by atoms with Crippen molar-refractivity contribution in [2.75, 3.05) is 6.61 Å². The number of aryl methyl sites for hydroxylation is 2. The lowest BCUT2D eigenvalue weighted by atomic mass is 10.1. The van der Waals surface area contributed by atoms with E-state index in [0.29, 0.717) is 21.9 Å². The predicted octanol–water partition coefficient (Wildman–Crippen LogP) is 4.66. The first-order chi connectivity index (χ1) is 13.5. The Morgan fingerprint density at radius 2 is 2.07 bits per heavy atom. The molecular formula is C21H22N2O3S2. The number of carbonyl (C=O) groups excluding carboxylic acids is 1. The second-order valence-electron chi connectivity index (χ2n) is 6.22. The molecule has 0 unspecified atom stereocenters. The summed E-state index contributed by atoms with van der Waals surface area (Å²) in [5, 5.41) is 0.519. The molecule has 7 heteroatoms. The van der Waals surface area contributed by atoms with E-state index in [4.69, 9.17) is 9.72 Å². The lowest BCUT2D eigenvalue weighted by molar-refractivity contribution is -0.142. The Hall–Kier alpha value is -2.38. The molecule has 0 aliphatic rings. The summed E-state index contributed by atoms with van der Waals surface area (Å²) in [6, 6.07) is 9.40. The van der Waals surface area contributed by atoms with Crippen molar-refractivity contribution in [1.82, 2.24) is 9.55 Å². The van der Waals surface area contributed by atoms with Gasteiger partial charge >= 0.3 is 5.97 Å². The third-order valence-corrected chi connectivity index (χ3v) is 6.72. The standard InChI is InChI=1S/C21H22N2O3S2/c1-5-12-23-19(24)16-13(3)14(4)27-18(16)22-21(23)28-17(20(25)26-6-2)15-10-8-7-9-11-15/h5,7-11,17H,1,6,12H2,2-4H3/t17-/m1/s1. The molecule has 2 aromatic heterocycles. The molecule has 5 nitrogen and oxygen atoms in total. The van der Waals surface area contributed by atoms with Gasteiger partial charge in [-0.15, -0.1) is 17.9 Å². The first-order valence-corrected chi connectivity index (χ1v) is 10.7. The monoisotopic (exact) mass is 414 g/mol. The molecule has 0 aliphatic carbocycles. The second kappa shape index (κ2) is 8.75. The minimum Gasteiger partial charge on any atom is -0.465 e. The van der Waals surface area contributed by atoms with Gasteiger partial charge in [0.05, 0.1) is 12.0 Å². The largest absolute Gasteiger partial charge is 0.465 e. The highest BCUT2D eigenvalue weighted by Crippen LogP contribution is 2.37. The zero-order chi connectivity index (χ0) is 20.3. The molecule has 0 amide bonds. The van der Waals surface area contributed by atoms with Gasteiger partial charge in [-0.1, -0.05) is 48.2 Å². The molecule has 28 heavy (non-hydrogen) atoms. The maximum atomic E-state index is 13.1. The third kappa shape index (κ3) is 3.91. The van der Waals surface area contributed by atoms with Crippen molar-refractivity contribution in [1.29, 1.82) is 0 Å². The van der Waals surface area contributed by atoms with Crippen LogP contribution in [0.3, 0.4) is 0 Å². The van der Waals surface area contributed by atoms with Gasteiger partial charge in [-0.05, 0) is 31.9 Å². The molecule has 0 aliphatic heterocycles. The van der Waals surface area contributed by atoms with E-state index in [1.807, 2.05) is 44.2 Å². The van der Waals surface area contributed by atoms with Crippen LogP contribution in [0.1, 0.15) is 28.2 Å². The number of esters is 1. The number of hydrogen-bond donors (Lipinski definition) is 0. The van der Waals surface area contributed by atoms with Crippen LogP contribution in [0.5, 0.6) is 0 Å². The maximum Gasteiger partial charge on any atom is 0.324 e. The Morgan fingerprint density at radius 3 is 2.71 bits per heavy atom. The molecule has 0 saturated carbocycles. The quantitative estimate of drug-likeness (QED) is 0.244. The summed E-state index contributed by atoms with van der Waals surface area (Å²) in [7, 11) is 0. The molecule has 0 spiro atoms. The van der Waals surface area contributed by atoms with Gasteiger partial charge in [0, 0.05) is 11.4 Å². The van der Waals surface area contributed by atoms with Crippen LogP contribution in [0.15, 0.2) is 52.9 Å². The highest BCUT2D eigenvalue weighted by Gasteiger charge is 2.26. The fourth-order valence-electron chi connectivity index (χ4n) is 2.89. The molecule has 0 bridgehead atoms. The Labute approximate surface area is 172 Å². The molecule has 1 atom stereocenters. The summed E-state index contributed by atoms with van der Waals surface area (Å²) in [4.78, 5) is 32.3. The number of carbonyl (C=O) groups is 1. The van der Waals surface area contributed by atoms with Gasteiger partial charge < -0.3 is 4.74 Å². The minimum absolute atomic E-state index is 0.107. The number of thioether (sulfide) groups is 1. The van der Waals surface area contributed by atoms with Crippen molar-refractivity contribution in [3.63, 3.8) is 0 Å². The molecule has 3 rings (SSSR count). The Kier molecular flexibility index (Phi) is 6.36. The summed E-state index contributed by atoms with van der Waals surface area (Å²) in [6.45, 7) is 10.1. The topological polar surface area (TPSA) is 61.2 Å². The molecule has 1 aromatic carbocycles. The summed E-state index contributed by atoms with van der Waals surface area (Å²) < 4.78 is 6.86. The van der Waals surface area contributed by atoms with E-state index in [2.05, 4.69) is 6.58 Å². The van der Waals surface area contributed by atoms with Gasteiger partial charge in [0.2, 0.25) is 0 Å². The normalized spacial score (nSPS) is 12.1. The minimum atomic E-state index is -0.608. The molecule has 146 valence electrons. The van der Waals surface area contributed by atoms with E-state index < -0.39 is 5.25 Å². The van der Waals surface area contributed by atoms with E-state index >= 15 is 0 Å². The fourth-order valence-corrected chi connectivity index (χ4v) is 5.07. The number of nitrogens with zero attached hydrogens (tertiary/aromatic N) is 2. The molecule has 0 saturated heterocycles. The number of hydrogen-bond acceptors (Lipinski definition) is 6. The van der Waals surface area contributed by atoms with E-state index in [-0.39, 0.29) is 18.1 Å². The zero-order valence-corrected chi connectivity index (χ0v) is 17.7. The maximum absolute atomic E-state index is 13.1. The molecule has 0 fully saturated rings. The van der Waals surface area contributed by atoms with Crippen LogP contribution in [0, 0.1) is 13.8 Å². The Balaban J connectivity index is 2.14. The first kappa shape index (κ1) is 20.4. The number of ether oxygens (including phenoxy) is 1. The fraction of sp³-hybridized carbons (Fsp3) is 0.286. The number of fused-ring (bicyclic) bond motifs is 1. The average Bonchev–Trinajstić information content (AvgIpc) is 2.97. The molecule has 2 heterocycles. The van der Waals surface area contributed by atoms with Gasteiger partial charge in [-0.25, -0.2) is 4.98 Å². The van der Waals surface area contributed by atoms with Crippen LogP contribution in [0.25, 0.3) is 10.2 Å². The average molecular weight is 415 g/mol. The molecule has 0 radical (unpaired) electrons. The second-order valence-corrected chi connectivity index (χ2v) is 8.50. The smallest absolute Gasteiger partial charge is 0.324 e. The lowest BCUT2D eigenvalue weighted by Gasteiger charge is -2.17. The van der Waals surface area contributed by atoms with Gasteiger partial charge in [-0.2, -0.15) is 0 Å². The van der Waals surface area contributed by atoms with Crippen LogP contribution < -0.4 is 5.56 Å². The van der Waals surface area contributed by atoms with Crippen molar-refractivity contribution in [3.8, 4) is 0 Å². The van der Waals surface area contributed by atoms with Crippen molar-refractivity contribution >= 4 is 39.3 Å². The van der Waals surface area contributed by atoms with Crippen molar-refractivity contribution in [3.05, 3.63) is 69.3 Å². The summed E-state index contributed by atoms with van der Waals surface area (Å²) >= 11 is 2.73. The van der Waals surface area contributed by atoms with Crippen LogP contribution >= 0.6 is 23.1 Å². The third-order valence-electron chi connectivity index (χ3n) is 4.39. The zero-order valence-electron chi connectivity index (χ0n) is 16.1. The summed E-state index contributed by atoms with van der Waals surface area (Å²) in [6.07, 6.45) is 1.66. The number of allylic oxidation sites excluding steroid dienone is 1. The number of rotatable bonds is 7. The molecule has 3 aromatic rings. The van der Waals surface area contributed by atoms with Crippen LogP contribution in [-0.2, 0) is 16.1 Å². The van der Waals surface area contributed by atoms with Gasteiger partial charge in [0.1, 0.15) is 10.1 Å². The first-order valence-electron chi connectivity index (χ1n) is 8.97. The van der Waals surface area contributed by atoms with Crippen molar-refractivity contribution in [2.24, 2.45) is 0 Å². The van der Waals surface area contributed by atoms with E-state index in [1.165, 1.54) is 23.1 Å². The van der Waals surface area contributed by atoms with Gasteiger partial charge in [0.25, 0.3) is 5.56 Å². The van der Waals surface area contributed by atoms with E-state index in [0.717, 1.165) is 16.0 Å². The summed E-state index contributed by atoms with van der Waals surface area (Å²) in [5.41, 5.74) is 1.66. The summed E-state index contributed by atoms with van der Waals surface area (Å²) in [5.74, 6) is -0.350. The molecule has 0 N–H and O–H groups in total. The number of aromatic nitrogens is 2. The van der Waals surface area contributed by atoms with E-state index in [9.17, 15) is 9.59 Å². The van der Waals surface area contributed by atoms with Gasteiger partial charge in [-0.3, -0.25) is 14.2 Å². The van der Waals surface area contributed by atoms with Crippen LogP contribution in [0.2, 0.25) is 0 Å². The highest BCUT2D eigenvalue weighted by molar-refractivity contribution is 8.00. The van der Waals surface area contributed by atoms with Crippen molar-refractivity contribution < 1.29 is 9.53 Å². The highest BCUT2D eigenvalue weighted by atomic mass is 32.2. The van der Waals surface area contributed by atoms with Gasteiger partial charge in [0.15, 0.2) is 5.16 Å². The lowest BCUT2D eigenvalue weighted by Crippen LogP contribution is -2.24. The number of thiophene rings is 1. The molecular weight excluding hydrogens is 392 g/mol. The SMILES string of the molecule is C=CCn1c(S[C@@H](C(=O)OCC)c2ccccc2)nc2sc(C)c(C)c2c1=O. The number of benzene rings is 1. The Bertz CT molecular complexity index is 1070.